The molecule has 0 aliphatic rings. The molecular weight excluding hydrogens is 273 g/mol. The zero-order valence-electron chi connectivity index (χ0n) is 9.69. The summed E-state index contributed by atoms with van der Waals surface area (Å²) in [7, 11) is 1.85. The van der Waals surface area contributed by atoms with Gasteiger partial charge in [-0.15, -0.1) is 0 Å². The number of ether oxygens (including phenoxy) is 1. The summed E-state index contributed by atoms with van der Waals surface area (Å²) in [4.78, 5) is 11.8. The molecule has 0 bridgehead atoms. The van der Waals surface area contributed by atoms with Gasteiger partial charge in [0.15, 0.2) is 12.4 Å². The second-order valence-corrected chi connectivity index (χ2v) is 4.64. The third kappa shape index (κ3) is 2.86. The van der Waals surface area contributed by atoms with Crippen molar-refractivity contribution < 1.29 is 9.53 Å². The molecule has 1 aromatic heterocycles. The van der Waals surface area contributed by atoms with Crippen LogP contribution in [0.25, 0.3) is 0 Å². The maximum Gasteiger partial charge on any atom is 0.201 e. The average Bonchev–Trinajstić information content (AvgIpc) is 2.75. The van der Waals surface area contributed by atoms with Crippen LogP contribution in [0.2, 0.25) is 10.0 Å². The van der Waals surface area contributed by atoms with Gasteiger partial charge in [0.2, 0.25) is 5.78 Å². The summed E-state index contributed by atoms with van der Waals surface area (Å²) < 4.78 is 7.17. The predicted molar refractivity (Wildman–Crippen MR) is 71.7 cm³/mol. The first kappa shape index (κ1) is 13.0. The Morgan fingerprint density at radius 1 is 1.28 bits per heavy atom. The van der Waals surface area contributed by atoms with E-state index in [4.69, 9.17) is 27.9 Å². The van der Waals surface area contributed by atoms with Crippen molar-refractivity contribution in [3.63, 3.8) is 0 Å². The highest BCUT2D eigenvalue weighted by molar-refractivity contribution is 6.37. The van der Waals surface area contributed by atoms with Crippen molar-refractivity contribution in [2.75, 3.05) is 6.61 Å². The second kappa shape index (κ2) is 5.46. The summed E-state index contributed by atoms with van der Waals surface area (Å²) in [6.45, 7) is -0.0898. The van der Waals surface area contributed by atoms with Gasteiger partial charge in [-0.3, -0.25) is 4.79 Å². The largest absolute Gasteiger partial charge is 0.482 e. The minimum Gasteiger partial charge on any atom is -0.482 e. The van der Waals surface area contributed by atoms with E-state index in [-0.39, 0.29) is 12.4 Å². The van der Waals surface area contributed by atoms with Gasteiger partial charge in [-0.2, -0.15) is 0 Å². The molecule has 1 aromatic carbocycles. The fourth-order valence-corrected chi connectivity index (χ4v) is 2.02. The van der Waals surface area contributed by atoms with E-state index in [0.717, 1.165) is 0 Å². The molecule has 0 saturated heterocycles. The smallest absolute Gasteiger partial charge is 0.201 e. The fourth-order valence-electron chi connectivity index (χ4n) is 1.51. The molecule has 0 saturated carbocycles. The molecule has 0 atom stereocenters. The van der Waals surface area contributed by atoms with Crippen molar-refractivity contribution in [3.05, 3.63) is 52.3 Å². The highest BCUT2D eigenvalue weighted by Crippen LogP contribution is 2.32. The quantitative estimate of drug-likeness (QED) is 0.803. The number of rotatable bonds is 4. The summed E-state index contributed by atoms with van der Waals surface area (Å²) in [6.07, 6.45) is 3.54. The monoisotopic (exact) mass is 283 g/mol. The molecule has 18 heavy (non-hydrogen) atoms. The van der Waals surface area contributed by atoms with E-state index in [9.17, 15) is 4.79 Å². The van der Waals surface area contributed by atoms with E-state index in [0.29, 0.717) is 21.4 Å². The van der Waals surface area contributed by atoms with E-state index in [2.05, 4.69) is 0 Å². The summed E-state index contributed by atoms with van der Waals surface area (Å²) in [6, 6.07) is 6.78. The molecule has 0 N–H and O–H groups in total. The number of carbonyl (C=O) groups excluding carboxylic acids is 1. The van der Waals surface area contributed by atoms with E-state index in [1.165, 1.54) is 0 Å². The van der Waals surface area contributed by atoms with Crippen molar-refractivity contribution in [1.82, 2.24) is 4.57 Å². The van der Waals surface area contributed by atoms with E-state index in [1.54, 1.807) is 41.2 Å². The van der Waals surface area contributed by atoms with Crippen molar-refractivity contribution in [1.29, 1.82) is 0 Å². The first-order valence-corrected chi connectivity index (χ1v) is 6.05. The molecule has 2 aromatic rings. The van der Waals surface area contributed by atoms with Crippen LogP contribution in [0.1, 0.15) is 10.4 Å². The van der Waals surface area contributed by atoms with Crippen molar-refractivity contribution >= 4 is 29.0 Å². The lowest BCUT2D eigenvalue weighted by atomic mass is 10.2. The molecule has 0 fully saturated rings. The summed E-state index contributed by atoms with van der Waals surface area (Å²) in [5, 5.41) is 0.784. The van der Waals surface area contributed by atoms with Gasteiger partial charge in [-0.1, -0.05) is 29.3 Å². The molecule has 0 aliphatic carbocycles. The number of ketones is 1. The lowest BCUT2D eigenvalue weighted by molar-refractivity contribution is 0.0921. The van der Waals surface area contributed by atoms with Crippen LogP contribution in [0.15, 0.2) is 36.7 Å². The summed E-state index contributed by atoms with van der Waals surface area (Å²) in [5.41, 5.74) is 0.598. The molecule has 0 amide bonds. The molecule has 0 spiro atoms. The van der Waals surface area contributed by atoms with Gasteiger partial charge < -0.3 is 9.30 Å². The molecule has 0 radical (unpaired) electrons. The number of benzene rings is 1. The average molecular weight is 284 g/mol. The van der Waals surface area contributed by atoms with Gasteiger partial charge >= 0.3 is 0 Å². The number of Topliss-reactive ketones (excluding diaryl/α,β-unsaturated/α-hetero) is 1. The number of nitrogens with zero attached hydrogens (tertiary/aromatic N) is 1. The molecular formula is C13H11Cl2NO2. The number of hydrogen-bond donors (Lipinski definition) is 0. The van der Waals surface area contributed by atoms with E-state index >= 15 is 0 Å². The number of halogens is 2. The second-order valence-electron chi connectivity index (χ2n) is 3.83. The summed E-state index contributed by atoms with van der Waals surface area (Å²) >= 11 is 11.9. The molecule has 0 unspecified atom stereocenters. The molecule has 1 heterocycles. The number of para-hydroxylation sites is 1. The van der Waals surface area contributed by atoms with Crippen molar-refractivity contribution in [2.24, 2.45) is 7.05 Å². The highest BCUT2D eigenvalue weighted by atomic mass is 35.5. The topological polar surface area (TPSA) is 31.2 Å². The first-order chi connectivity index (χ1) is 8.58. The van der Waals surface area contributed by atoms with Crippen LogP contribution in [0.4, 0.5) is 0 Å². The van der Waals surface area contributed by atoms with Crippen LogP contribution in [0, 0.1) is 0 Å². The summed E-state index contributed by atoms with van der Waals surface area (Å²) in [5.74, 6) is 0.219. The Morgan fingerprint density at radius 3 is 2.50 bits per heavy atom. The van der Waals surface area contributed by atoms with Gasteiger partial charge in [-0.25, -0.2) is 0 Å². The highest BCUT2D eigenvalue weighted by Gasteiger charge is 2.11. The van der Waals surface area contributed by atoms with Crippen LogP contribution in [-0.4, -0.2) is 17.0 Å². The standard InChI is InChI=1S/C13H11Cl2NO2/c1-16-6-5-9(7-16)12(17)8-18-13-10(14)3-2-4-11(13)15/h2-7H,8H2,1H3. The predicted octanol–water partition coefficient (Wildman–Crippen LogP) is 3.59. The van der Waals surface area contributed by atoms with Gasteiger partial charge in [-0.05, 0) is 18.2 Å². The molecule has 2 rings (SSSR count). The van der Waals surface area contributed by atoms with Gasteiger partial charge in [0.1, 0.15) is 0 Å². The molecule has 5 heteroatoms. The Kier molecular flexibility index (Phi) is 3.94. The SMILES string of the molecule is Cn1ccc(C(=O)COc2c(Cl)cccc2Cl)c1. The molecule has 0 aliphatic heterocycles. The van der Waals surface area contributed by atoms with Crippen LogP contribution in [0.3, 0.4) is 0 Å². The van der Waals surface area contributed by atoms with Gasteiger partial charge in [0.25, 0.3) is 0 Å². The molecule has 3 nitrogen and oxygen atoms in total. The third-order valence-electron chi connectivity index (χ3n) is 2.42. The normalized spacial score (nSPS) is 10.4. The fraction of sp³-hybridized carbons (Fsp3) is 0.154. The third-order valence-corrected chi connectivity index (χ3v) is 3.02. The maximum absolute atomic E-state index is 11.8. The van der Waals surface area contributed by atoms with E-state index in [1.807, 2.05) is 7.05 Å². The van der Waals surface area contributed by atoms with Crippen LogP contribution in [-0.2, 0) is 7.05 Å². The van der Waals surface area contributed by atoms with Crippen LogP contribution >= 0.6 is 23.2 Å². The van der Waals surface area contributed by atoms with Crippen LogP contribution < -0.4 is 4.74 Å². The Morgan fingerprint density at radius 2 is 1.94 bits per heavy atom. The zero-order chi connectivity index (χ0) is 13.1. The van der Waals surface area contributed by atoms with Crippen LogP contribution in [0.5, 0.6) is 5.75 Å². The first-order valence-electron chi connectivity index (χ1n) is 5.30. The number of carbonyl (C=O) groups is 1. The zero-order valence-corrected chi connectivity index (χ0v) is 11.2. The minimum atomic E-state index is -0.119. The maximum atomic E-state index is 11.8. The van der Waals surface area contributed by atoms with E-state index < -0.39 is 0 Å². The minimum absolute atomic E-state index is 0.0898. The molecule has 94 valence electrons. The van der Waals surface area contributed by atoms with Gasteiger partial charge in [0.05, 0.1) is 10.0 Å². The Hall–Kier alpha value is -1.45. The number of aromatic nitrogens is 1. The Labute approximate surface area is 115 Å². The van der Waals surface area contributed by atoms with Gasteiger partial charge in [0, 0.05) is 25.0 Å². The number of hydrogen-bond acceptors (Lipinski definition) is 2. The number of aryl methyl sites for hydroxylation is 1. The Bertz CT molecular complexity index is 558. The lowest BCUT2D eigenvalue weighted by Gasteiger charge is -2.08. The van der Waals surface area contributed by atoms with Crippen molar-refractivity contribution in [2.45, 2.75) is 0 Å². The van der Waals surface area contributed by atoms with Crippen molar-refractivity contribution in [3.8, 4) is 5.75 Å². The lowest BCUT2D eigenvalue weighted by Crippen LogP contribution is -2.11. The Balaban J connectivity index is 2.06.